The number of esters is 2. The molecular weight excluding hydrogens is 537 g/mol. The highest BCUT2D eigenvalue weighted by atomic mass is 32.2. The summed E-state index contributed by atoms with van der Waals surface area (Å²) in [5, 5.41) is 0. The fourth-order valence-corrected chi connectivity index (χ4v) is 5.70. The van der Waals surface area contributed by atoms with Crippen molar-refractivity contribution in [3.63, 3.8) is 0 Å². The SMILES string of the molecule is CCCC[C@H](C[C@H](CCc1ccc(-c2ccc(S(C)=O)cc2)cc1)C(=O)OCC[Si](C)(C)C)C(=O)OC(C)(C)C. The third-order valence-corrected chi connectivity index (χ3v) is 9.54. The number of benzene rings is 2. The molecule has 2 aromatic carbocycles. The highest BCUT2D eigenvalue weighted by Crippen LogP contribution is 2.28. The molecule has 0 saturated carbocycles. The van der Waals surface area contributed by atoms with Crippen LogP contribution in [-0.4, -0.2) is 42.7 Å². The van der Waals surface area contributed by atoms with Crippen LogP contribution in [0.4, 0.5) is 0 Å². The maximum absolute atomic E-state index is 13.3. The largest absolute Gasteiger partial charge is 0.466 e. The topological polar surface area (TPSA) is 69.7 Å². The number of carbonyl (C=O) groups excluding carboxylic acids is 2. The molecular formula is C33H50O5SSi. The lowest BCUT2D eigenvalue weighted by Gasteiger charge is -2.26. The Balaban J connectivity index is 2.16. The van der Waals surface area contributed by atoms with E-state index < -0.39 is 24.5 Å². The maximum atomic E-state index is 13.3. The summed E-state index contributed by atoms with van der Waals surface area (Å²) in [5.74, 6) is -1.11. The molecule has 40 heavy (non-hydrogen) atoms. The molecule has 2 aromatic rings. The second-order valence-corrected chi connectivity index (χ2v) is 20.0. The minimum absolute atomic E-state index is 0.201. The molecule has 222 valence electrons. The van der Waals surface area contributed by atoms with Crippen LogP contribution in [0.5, 0.6) is 0 Å². The van der Waals surface area contributed by atoms with Crippen LogP contribution in [0.1, 0.15) is 65.4 Å². The van der Waals surface area contributed by atoms with Gasteiger partial charge in [-0.05, 0) is 81.3 Å². The Kier molecular flexibility index (Phi) is 13.3. The van der Waals surface area contributed by atoms with Crippen LogP contribution in [0, 0.1) is 11.8 Å². The summed E-state index contributed by atoms with van der Waals surface area (Å²) >= 11 is 0. The van der Waals surface area contributed by atoms with Crippen molar-refractivity contribution in [2.24, 2.45) is 11.8 Å². The third kappa shape index (κ3) is 12.5. The summed E-state index contributed by atoms with van der Waals surface area (Å²) < 4.78 is 23.2. The average molecular weight is 587 g/mol. The zero-order valence-electron chi connectivity index (χ0n) is 25.9. The Labute approximate surface area is 245 Å². The number of hydrogen-bond donors (Lipinski definition) is 0. The first-order chi connectivity index (χ1) is 18.7. The molecule has 0 amide bonds. The summed E-state index contributed by atoms with van der Waals surface area (Å²) in [4.78, 5) is 27.2. The maximum Gasteiger partial charge on any atom is 0.309 e. The van der Waals surface area contributed by atoms with Crippen molar-refractivity contribution >= 4 is 30.8 Å². The summed E-state index contributed by atoms with van der Waals surface area (Å²) in [7, 11) is -2.33. The van der Waals surface area contributed by atoms with Crippen molar-refractivity contribution in [3.05, 3.63) is 54.1 Å². The van der Waals surface area contributed by atoms with Gasteiger partial charge < -0.3 is 9.47 Å². The van der Waals surface area contributed by atoms with Gasteiger partial charge in [-0.25, -0.2) is 0 Å². The van der Waals surface area contributed by atoms with Crippen LogP contribution < -0.4 is 0 Å². The lowest BCUT2D eigenvalue weighted by molar-refractivity contribution is -0.162. The predicted molar refractivity (Wildman–Crippen MR) is 169 cm³/mol. The lowest BCUT2D eigenvalue weighted by atomic mass is 9.86. The van der Waals surface area contributed by atoms with Crippen molar-refractivity contribution in [2.75, 3.05) is 12.9 Å². The van der Waals surface area contributed by atoms with Gasteiger partial charge in [-0.1, -0.05) is 75.8 Å². The molecule has 0 aliphatic rings. The van der Waals surface area contributed by atoms with Crippen LogP contribution in [0.25, 0.3) is 11.1 Å². The van der Waals surface area contributed by atoms with E-state index in [0.29, 0.717) is 25.9 Å². The van der Waals surface area contributed by atoms with Gasteiger partial charge in [0, 0.05) is 30.0 Å². The summed E-state index contributed by atoms with van der Waals surface area (Å²) in [6.07, 6.45) is 6.07. The van der Waals surface area contributed by atoms with E-state index in [0.717, 1.165) is 46.9 Å². The van der Waals surface area contributed by atoms with Gasteiger partial charge in [0.25, 0.3) is 0 Å². The Morgan fingerprint density at radius 2 is 1.43 bits per heavy atom. The molecule has 0 saturated heterocycles. The predicted octanol–water partition coefficient (Wildman–Crippen LogP) is 8.06. The number of hydrogen-bond acceptors (Lipinski definition) is 5. The van der Waals surface area contributed by atoms with E-state index in [1.54, 1.807) is 6.26 Å². The highest BCUT2D eigenvalue weighted by molar-refractivity contribution is 7.84. The fraction of sp³-hybridized carbons (Fsp3) is 0.576. The fourth-order valence-electron chi connectivity index (χ4n) is 4.46. The number of carbonyl (C=O) groups is 2. The molecule has 0 heterocycles. The van der Waals surface area contributed by atoms with E-state index in [4.69, 9.17) is 9.47 Å². The van der Waals surface area contributed by atoms with E-state index in [2.05, 4.69) is 50.8 Å². The van der Waals surface area contributed by atoms with Crippen molar-refractivity contribution in [3.8, 4) is 11.1 Å². The zero-order chi connectivity index (χ0) is 29.9. The van der Waals surface area contributed by atoms with Gasteiger partial charge in [-0.3, -0.25) is 13.8 Å². The van der Waals surface area contributed by atoms with Crippen LogP contribution in [0.15, 0.2) is 53.4 Å². The minimum Gasteiger partial charge on any atom is -0.466 e. The first-order valence-electron chi connectivity index (χ1n) is 14.6. The molecule has 0 aliphatic heterocycles. The van der Waals surface area contributed by atoms with Crippen molar-refractivity contribution < 1.29 is 23.3 Å². The zero-order valence-corrected chi connectivity index (χ0v) is 27.7. The number of ether oxygens (including phenoxy) is 2. The molecule has 0 spiro atoms. The first-order valence-corrected chi connectivity index (χ1v) is 19.9. The van der Waals surface area contributed by atoms with E-state index >= 15 is 0 Å². The molecule has 3 atom stereocenters. The summed E-state index contributed by atoms with van der Waals surface area (Å²) in [6.45, 7) is 15.0. The normalized spacial score (nSPS) is 14.3. The Morgan fingerprint density at radius 1 is 0.875 bits per heavy atom. The van der Waals surface area contributed by atoms with E-state index in [-0.39, 0.29) is 23.8 Å². The number of aryl methyl sites for hydroxylation is 1. The Hall–Kier alpha value is -2.25. The van der Waals surface area contributed by atoms with Crippen molar-refractivity contribution in [2.45, 2.75) is 102 Å². The first kappa shape index (κ1) is 34.0. The van der Waals surface area contributed by atoms with Crippen LogP contribution in [-0.2, 0) is 36.3 Å². The van der Waals surface area contributed by atoms with Gasteiger partial charge in [0.05, 0.1) is 18.4 Å². The summed E-state index contributed by atoms with van der Waals surface area (Å²) in [6, 6.07) is 17.1. The van der Waals surface area contributed by atoms with E-state index in [1.165, 1.54) is 0 Å². The second-order valence-electron chi connectivity index (χ2n) is 13.0. The monoisotopic (exact) mass is 586 g/mol. The molecule has 2 rings (SSSR count). The van der Waals surface area contributed by atoms with Gasteiger partial charge in [-0.2, -0.15) is 0 Å². The highest BCUT2D eigenvalue weighted by Gasteiger charge is 2.31. The quantitative estimate of drug-likeness (QED) is 0.156. The van der Waals surface area contributed by atoms with Crippen LogP contribution in [0.3, 0.4) is 0 Å². The molecule has 1 unspecified atom stereocenters. The van der Waals surface area contributed by atoms with Gasteiger partial charge in [0.15, 0.2) is 0 Å². The van der Waals surface area contributed by atoms with Gasteiger partial charge >= 0.3 is 11.9 Å². The Bertz CT molecular complexity index is 1100. The van der Waals surface area contributed by atoms with Crippen LogP contribution in [0.2, 0.25) is 25.7 Å². The standard InChI is InChI=1S/C33H50O5SSi/c1-9-10-11-28(32(35)38-33(2,3)4)24-29(31(34)37-22-23-40(6,7)8)17-14-25-12-15-26(16-13-25)27-18-20-30(21-19-27)39(5)36/h12-13,15-16,18-21,28-29H,9-11,14,17,22-24H2,1-8H3/t28-,29+,39?/m1/s1. The molecule has 7 heteroatoms. The van der Waals surface area contributed by atoms with Gasteiger partial charge in [0.2, 0.25) is 0 Å². The smallest absolute Gasteiger partial charge is 0.309 e. The number of rotatable bonds is 15. The molecule has 0 bridgehead atoms. The Morgan fingerprint density at radius 3 is 1.93 bits per heavy atom. The average Bonchev–Trinajstić information content (AvgIpc) is 2.86. The van der Waals surface area contributed by atoms with Crippen molar-refractivity contribution in [1.82, 2.24) is 0 Å². The molecule has 0 N–H and O–H groups in total. The number of unbranched alkanes of at least 4 members (excludes halogenated alkanes) is 1. The molecule has 0 fully saturated rings. The minimum atomic E-state index is -1.33. The lowest BCUT2D eigenvalue weighted by Crippen LogP contribution is -2.32. The molecule has 0 radical (unpaired) electrons. The van der Waals surface area contributed by atoms with E-state index in [1.807, 2.05) is 45.0 Å². The molecule has 5 nitrogen and oxygen atoms in total. The van der Waals surface area contributed by atoms with Gasteiger partial charge in [-0.15, -0.1) is 0 Å². The van der Waals surface area contributed by atoms with Crippen LogP contribution >= 0.6 is 0 Å². The van der Waals surface area contributed by atoms with E-state index in [9.17, 15) is 13.8 Å². The summed E-state index contributed by atoms with van der Waals surface area (Å²) in [5.41, 5.74) is 2.73. The molecule has 0 aliphatic carbocycles. The second kappa shape index (κ2) is 15.7. The third-order valence-electron chi connectivity index (χ3n) is 6.90. The van der Waals surface area contributed by atoms with Gasteiger partial charge in [0.1, 0.15) is 5.60 Å². The molecule has 0 aromatic heterocycles. The van der Waals surface area contributed by atoms with Crippen molar-refractivity contribution in [1.29, 1.82) is 0 Å².